The molecule has 1 aromatic rings. The second-order valence-electron chi connectivity index (χ2n) is 2.49. The molecular weight excluding hydrogens is 166 g/mol. The summed E-state index contributed by atoms with van der Waals surface area (Å²) in [5.41, 5.74) is 0.0164. The van der Waals surface area contributed by atoms with Crippen molar-refractivity contribution in [1.29, 1.82) is 0 Å². The summed E-state index contributed by atoms with van der Waals surface area (Å²) in [4.78, 5) is 10.6. The fourth-order valence-corrected chi connectivity index (χ4v) is 0.919. The fraction of sp³-hybridized carbons (Fsp3) is 0.429. The summed E-state index contributed by atoms with van der Waals surface area (Å²) in [7, 11) is 0. The van der Waals surface area contributed by atoms with E-state index < -0.39 is 6.43 Å². The maximum Gasteiger partial charge on any atom is 0.280 e. The summed E-state index contributed by atoms with van der Waals surface area (Å²) < 4.78 is 24.3. The number of rotatable bonds is 3. The van der Waals surface area contributed by atoms with Gasteiger partial charge in [-0.05, 0) is 6.92 Å². The molecular formula is C7H8F2N2O. The molecule has 0 aromatic carbocycles. The van der Waals surface area contributed by atoms with Gasteiger partial charge in [-0.1, -0.05) is 0 Å². The molecule has 0 aliphatic rings. The number of aromatic amines is 1. The summed E-state index contributed by atoms with van der Waals surface area (Å²) in [6.45, 7) is 1.35. The van der Waals surface area contributed by atoms with E-state index >= 15 is 0 Å². The molecule has 1 rings (SSSR count). The minimum absolute atomic E-state index is 0.0101. The van der Waals surface area contributed by atoms with Crippen LogP contribution in [0.1, 0.15) is 24.6 Å². The minimum atomic E-state index is -2.60. The van der Waals surface area contributed by atoms with Crippen molar-refractivity contribution in [2.75, 3.05) is 0 Å². The molecule has 3 nitrogen and oxygen atoms in total. The van der Waals surface area contributed by atoms with Crippen LogP contribution in [-0.2, 0) is 11.2 Å². The van der Waals surface area contributed by atoms with E-state index in [1.807, 2.05) is 0 Å². The maximum atomic E-state index is 12.1. The Bertz CT molecular complexity index is 283. The summed E-state index contributed by atoms with van der Waals surface area (Å²) in [6.07, 6.45) is -1.33. The Morgan fingerprint density at radius 2 is 2.42 bits per heavy atom. The van der Waals surface area contributed by atoms with Crippen molar-refractivity contribution in [3.63, 3.8) is 0 Å². The minimum Gasteiger partial charge on any atom is -0.300 e. The topological polar surface area (TPSA) is 45.8 Å². The first-order chi connectivity index (χ1) is 5.61. The molecule has 1 heterocycles. The van der Waals surface area contributed by atoms with Crippen LogP contribution in [0.25, 0.3) is 0 Å². The van der Waals surface area contributed by atoms with Gasteiger partial charge in [0.2, 0.25) is 0 Å². The molecule has 0 aliphatic carbocycles. The normalized spacial score (nSPS) is 10.7. The molecule has 1 aromatic heterocycles. The largest absolute Gasteiger partial charge is 0.300 e. The van der Waals surface area contributed by atoms with Gasteiger partial charge in [-0.25, -0.2) is 8.78 Å². The Morgan fingerprint density at radius 3 is 2.92 bits per heavy atom. The number of carbonyl (C=O) groups excluding carboxylic acids is 1. The zero-order valence-corrected chi connectivity index (χ0v) is 6.47. The van der Waals surface area contributed by atoms with E-state index in [4.69, 9.17) is 0 Å². The van der Waals surface area contributed by atoms with Gasteiger partial charge < -0.3 is 0 Å². The fourth-order valence-electron chi connectivity index (χ4n) is 0.919. The van der Waals surface area contributed by atoms with E-state index in [0.29, 0.717) is 0 Å². The first-order valence-corrected chi connectivity index (χ1v) is 3.41. The number of ketones is 1. The third kappa shape index (κ3) is 1.87. The lowest BCUT2D eigenvalue weighted by atomic mass is 10.1. The Hall–Kier alpha value is -1.26. The number of aromatic nitrogens is 2. The lowest BCUT2D eigenvalue weighted by molar-refractivity contribution is -0.116. The number of H-pyrrole nitrogens is 1. The summed E-state index contributed by atoms with van der Waals surface area (Å²) in [5.74, 6) is -0.154. The van der Waals surface area contributed by atoms with Crippen molar-refractivity contribution in [2.45, 2.75) is 19.8 Å². The van der Waals surface area contributed by atoms with Gasteiger partial charge >= 0.3 is 0 Å². The molecule has 0 bridgehead atoms. The third-order valence-electron chi connectivity index (χ3n) is 1.41. The van der Waals surface area contributed by atoms with Crippen molar-refractivity contribution in [3.8, 4) is 0 Å². The van der Waals surface area contributed by atoms with Gasteiger partial charge in [0.05, 0.1) is 6.20 Å². The van der Waals surface area contributed by atoms with Crippen LogP contribution in [0, 0.1) is 0 Å². The Labute approximate surface area is 67.8 Å². The van der Waals surface area contributed by atoms with Gasteiger partial charge in [0.25, 0.3) is 6.43 Å². The Kier molecular flexibility index (Phi) is 2.52. The predicted molar refractivity (Wildman–Crippen MR) is 37.9 cm³/mol. The zero-order chi connectivity index (χ0) is 9.14. The first-order valence-electron chi connectivity index (χ1n) is 3.41. The van der Waals surface area contributed by atoms with Crippen LogP contribution >= 0.6 is 0 Å². The van der Waals surface area contributed by atoms with E-state index in [9.17, 15) is 13.6 Å². The van der Waals surface area contributed by atoms with Crippen molar-refractivity contribution in [3.05, 3.63) is 17.5 Å². The lowest BCUT2D eigenvalue weighted by Gasteiger charge is -1.97. The van der Waals surface area contributed by atoms with E-state index in [2.05, 4.69) is 10.2 Å². The summed E-state index contributed by atoms with van der Waals surface area (Å²) in [5, 5.41) is 5.60. The second-order valence-corrected chi connectivity index (χ2v) is 2.49. The van der Waals surface area contributed by atoms with E-state index in [1.165, 1.54) is 13.1 Å². The van der Waals surface area contributed by atoms with Crippen LogP contribution in [0.3, 0.4) is 0 Å². The Morgan fingerprint density at radius 1 is 1.75 bits per heavy atom. The zero-order valence-electron chi connectivity index (χ0n) is 6.47. The molecule has 5 heteroatoms. The predicted octanol–water partition coefficient (Wildman–Crippen LogP) is 1.48. The highest BCUT2D eigenvalue weighted by atomic mass is 19.3. The lowest BCUT2D eigenvalue weighted by Crippen LogP contribution is -1.99. The van der Waals surface area contributed by atoms with E-state index in [-0.39, 0.29) is 23.5 Å². The number of carbonyl (C=O) groups is 1. The third-order valence-corrected chi connectivity index (χ3v) is 1.41. The van der Waals surface area contributed by atoms with Gasteiger partial charge in [-0.3, -0.25) is 9.89 Å². The number of Topliss-reactive ketones (excluding diaryl/α,β-unsaturated/α-hetero) is 1. The standard InChI is InChI=1S/C7H8F2N2O/c1-4(12)2-5-3-10-11-6(5)7(8)9/h3,7H,2H2,1H3,(H,10,11). The maximum absolute atomic E-state index is 12.1. The monoisotopic (exact) mass is 174 g/mol. The summed E-state index contributed by atoms with van der Waals surface area (Å²) >= 11 is 0. The van der Waals surface area contributed by atoms with E-state index in [1.54, 1.807) is 0 Å². The summed E-state index contributed by atoms with van der Waals surface area (Å²) in [6, 6.07) is 0. The van der Waals surface area contributed by atoms with Gasteiger partial charge in [0.15, 0.2) is 0 Å². The SMILES string of the molecule is CC(=O)Cc1cn[nH]c1C(F)F. The molecule has 0 fully saturated rings. The molecule has 12 heavy (non-hydrogen) atoms. The number of halogens is 2. The molecule has 0 radical (unpaired) electrons. The molecule has 1 N–H and O–H groups in total. The van der Waals surface area contributed by atoms with Crippen LogP contribution in [0.2, 0.25) is 0 Å². The first kappa shape index (κ1) is 8.83. The molecule has 0 spiro atoms. The van der Waals surface area contributed by atoms with Crippen molar-refractivity contribution >= 4 is 5.78 Å². The van der Waals surface area contributed by atoms with Crippen LogP contribution in [0.15, 0.2) is 6.20 Å². The van der Waals surface area contributed by atoms with Crippen molar-refractivity contribution < 1.29 is 13.6 Å². The number of nitrogens with one attached hydrogen (secondary N) is 1. The smallest absolute Gasteiger partial charge is 0.280 e. The molecule has 0 atom stereocenters. The molecule has 0 unspecified atom stereocenters. The van der Waals surface area contributed by atoms with Crippen LogP contribution < -0.4 is 0 Å². The van der Waals surface area contributed by atoms with Gasteiger partial charge in [0, 0.05) is 12.0 Å². The molecule has 66 valence electrons. The van der Waals surface area contributed by atoms with Crippen LogP contribution in [-0.4, -0.2) is 16.0 Å². The highest BCUT2D eigenvalue weighted by Gasteiger charge is 2.15. The van der Waals surface area contributed by atoms with Crippen molar-refractivity contribution in [1.82, 2.24) is 10.2 Å². The average Bonchev–Trinajstić information content (AvgIpc) is 2.33. The number of alkyl halides is 2. The Balaban J connectivity index is 2.84. The number of nitrogens with zero attached hydrogens (tertiary/aromatic N) is 1. The van der Waals surface area contributed by atoms with Crippen LogP contribution in [0.4, 0.5) is 8.78 Å². The quantitative estimate of drug-likeness (QED) is 0.754. The average molecular weight is 174 g/mol. The number of hydrogen-bond acceptors (Lipinski definition) is 2. The number of hydrogen-bond donors (Lipinski definition) is 1. The van der Waals surface area contributed by atoms with Crippen LogP contribution in [0.5, 0.6) is 0 Å². The van der Waals surface area contributed by atoms with Crippen molar-refractivity contribution in [2.24, 2.45) is 0 Å². The van der Waals surface area contributed by atoms with Gasteiger partial charge in [0.1, 0.15) is 11.5 Å². The second kappa shape index (κ2) is 3.42. The molecule has 0 saturated heterocycles. The molecule has 0 aliphatic heterocycles. The van der Waals surface area contributed by atoms with Gasteiger partial charge in [-0.2, -0.15) is 5.10 Å². The molecule has 0 amide bonds. The highest BCUT2D eigenvalue weighted by molar-refractivity contribution is 5.78. The van der Waals surface area contributed by atoms with Gasteiger partial charge in [-0.15, -0.1) is 0 Å². The highest BCUT2D eigenvalue weighted by Crippen LogP contribution is 2.20. The van der Waals surface area contributed by atoms with E-state index in [0.717, 1.165) is 0 Å². The molecule has 0 saturated carbocycles.